The molecule has 0 bridgehead atoms. The zero-order valence-electron chi connectivity index (χ0n) is 12.0. The molecule has 1 N–H and O–H groups in total. The quantitative estimate of drug-likeness (QED) is 0.499. The zero-order valence-corrected chi connectivity index (χ0v) is 12.0. The Morgan fingerprint density at radius 2 is 2.10 bits per heavy atom. The first-order valence-electron chi connectivity index (χ1n) is 6.57. The fourth-order valence-electron chi connectivity index (χ4n) is 2.26. The van der Waals surface area contributed by atoms with E-state index in [0.717, 1.165) is 0 Å². The number of hydrogen-bond acceptors (Lipinski definition) is 5. The summed E-state index contributed by atoms with van der Waals surface area (Å²) in [6.45, 7) is 1.04. The zero-order chi connectivity index (χ0) is 15.4. The Kier molecular flexibility index (Phi) is 4.54. The van der Waals surface area contributed by atoms with Crippen LogP contribution < -0.4 is 10.9 Å². The molecule has 1 heterocycles. The molecule has 0 saturated carbocycles. The van der Waals surface area contributed by atoms with Crippen molar-refractivity contribution in [2.45, 2.75) is 6.42 Å². The van der Waals surface area contributed by atoms with E-state index in [1.54, 1.807) is 31.4 Å². The van der Waals surface area contributed by atoms with Gasteiger partial charge < -0.3 is 14.6 Å². The fraction of sp³-hybridized carbons (Fsp3) is 0.357. The second-order valence-electron chi connectivity index (χ2n) is 4.64. The van der Waals surface area contributed by atoms with E-state index in [1.165, 1.54) is 11.6 Å². The predicted octanol–water partition coefficient (Wildman–Crippen LogP) is 1.90. The van der Waals surface area contributed by atoms with E-state index in [4.69, 9.17) is 4.74 Å². The Bertz CT molecular complexity index is 724. The van der Waals surface area contributed by atoms with Crippen molar-refractivity contribution >= 4 is 22.3 Å². The molecule has 0 spiro atoms. The van der Waals surface area contributed by atoms with Crippen LogP contribution in [0.4, 0.5) is 11.4 Å². The summed E-state index contributed by atoms with van der Waals surface area (Å²) < 4.78 is 6.25. The van der Waals surface area contributed by atoms with Crippen LogP contribution in [0.5, 0.6) is 0 Å². The van der Waals surface area contributed by atoms with Gasteiger partial charge in [-0.25, -0.2) is 0 Å². The number of methoxy groups -OCH3 is 1. The van der Waals surface area contributed by atoms with E-state index in [9.17, 15) is 14.9 Å². The van der Waals surface area contributed by atoms with Gasteiger partial charge in [0.1, 0.15) is 5.69 Å². The molecule has 2 rings (SSSR count). The number of para-hydroxylation sites is 1. The van der Waals surface area contributed by atoms with Gasteiger partial charge in [0.05, 0.1) is 10.4 Å². The summed E-state index contributed by atoms with van der Waals surface area (Å²) in [6.07, 6.45) is 0.692. The third-order valence-corrected chi connectivity index (χ3v) is 3.29. The SMILES string of the molecule is COCCCNc1c([N+](=O)[O-])c(=O)n(C)c2ccccc12. The molecule has 0 atom stereocenters. The van der Waals surface area contributed by atoms with Crippen LogP contribution in [-0.2, 0) is 11.8 Å². The molecule has 7 heteroatoms. The largest absolute Gasteiger partial charge is 0.385 e. The number of aryl methyl sites for hydroxylation is 1. The molecular weight excluding hydrogens is 274 g/mol. The van der Waals surface area contributed by atoms with E-state index in [0.29, 0.717) is 30.5 Å². The van der Waals surface area contributed by atoms with Crippen molar-refractivity contribution in [3.8, 4) is 0 Å². The van der Waals surface area contributed by atoms with E-state index in [1.807, 2.05) is 0 Å². The number of aromatic nitrogens is 1. The number of fused-ring (bicyclic) bond motifs is 1. The molecule has 1 aromatic heterocycles. The molecule has 0 aliphatic carbocycles. The van der Waals surface area contributed by atoms with Gasteiger partial charge in [-0.2, -0.15) is 0 Å². The topological polar surface area (TPSA) is 86.4 Å². The Hall–Kier alpha value is -2.41. The average molecular weight is 291 g/mol. The van der Waals surface area contributed by atoms with Crippen molar-refractivity contribution < 1.29 is 9.66 Å². The van der Waals surface area contributed by atoms with E-state index < -0.39 is 16.2 Å². The maximum absolute atomic E-state index is 12.2. The van der Waals surface area contributed by atoms with Gasteiger partial charge in [-0.15, -0.1) is 0 Å². The maximum atomic E-state index is 12.2. The summed E-state index contributed by atoms with van der Waals surface area (Å²) in [5.41, 5.74) is -0.112. The normalized spacial score (nSPS) is 10.8. The Morgan fingerprint density at radius 3 is 2.76 bits per heavy atom. The number of hydrogen-bond donors (Lipinski definition) is 1. The van der Waals surface area contributed by atoms with Gasteiger partial charge in [-0.05, 0) is 12.5 Å². The molecule has 7 nitrogen and oxygen atoms in total. The monoisotopic (exact) mass is 291 g/mol. The van der Waals surface area contributed by atoms with Crippen LogP contribution in [0.2, 0.25) is 0 Å². The van der Waals surface area contributed by atoms with E-state index >= 15 is 0 Å². The molecule has 21 heavy (non-hydrogen) atoms. The van der Waals surface area contributed by atoms with Crippen LogP contribution >= 0.6 is 0 Å². The number of nitro groups is 1. The van der Waals surface area contributed by atoms with Crippen molar-refractivity contribution in [3.05, 3.63) is 44.7 Å². The predicted molar refractivity (Wildman–Crippen MR) is 80.8 cm³/mol. The summed E-state index contributed by atoms with van der Waals surface area (Å²) in [4.78, 5) is 22.8. The first-order chi connectivity index (χ1) is 10.1. The Balaban J connectivity index is 2.58. The smallest absolute Gasteiger partial charge is 0.357 e. The van der Waals surface area contributed by atoms with Crippen LogP contribution in [0.1, 0.15) is 6.42 Å². The van der Waals surface area contributed by atoms with Crippen molar-refractivity contribution in [2.24, 2.45) is 7.05 Å². The third kappa shape index (κ3) is 2.87. The third-order valence-electron chi connectivity index (χ3n) is 3.29. The van der Waals surface area contributed by atoms with Crippen molar-refractivity contribution in [3.63, 3.8) is 0 Å². The van der Waals surface area contributed by atoms with Gasteiger partial charge in [0, 0.05) is 32.7 Å². The lowest BCUT2D eigenvalue weighted by Gasteiger charge is -2.12. The van der Waals surface area contributed by atoms with Gasteiger partial charge in [-0.3, -0.25) is 14.9 Å². The van der Waals surface area contributed by atoms with Crippen LogP contribution in [0.15, 0.2) is 29.1 Å². The highest BCUT2D eigenvalue weighted by Gasteiger charge is 2.24. The number of anilines is 1. The molecule has 112 valence electrons. The van der Waals surface area contributed by atoms with Crippen molar-refractivity contribution in [1.29, 1.82) is 0 Å². The number of nitrogens with one attached hydrogen (secondary N) is 1. The standard InChI is InChI=1S/C14H17N3O4/c1-16-11-7-4-3-6-10(11)12(15-8-5-9-21-2)13(14(16)18)17(19)20/h3-4,6-7,15H,5,8-9H2,1-2H3. The molecule has 0 fully saturated rings. The second-order valence-corrected chi connectivity index (χ2v) is 4.64. The summed E-state index contributed by atoms with van der Waals surface area (Å²) in [5, 5.41) is 14.9. The molecular formula is C14H17N3O4. The Morgan fingerprint density at radius 1 is 1.38 bits per heavy atom. The van der Waals surface area contributed by atoms with E-state index in [2.05, 4.69) is 5.32 Å². The van der Waals surface area contributed by atoms with Gasteiger partial charge in [-0.1, -0.05) is 18.2 Å². The fourth-order valence-corrected chi connectivity index (χ4v) is 2.26. The van der Waals surface area contributed by atoms with Gasteiger partial charge in [0.25, 0.3) is 0 Å². The highest BCUT2D eigenvalue weighted by molar-refractivity contribution is 5.96. The molecule has 0 saturated heterocycles. The van der Waals surface area contributed by atoms with Gasteiger partial charge in [0.2, 0.25) is 0 Å². The van der Waals surface area contributed by atoms with Gasteiger partial charge >= 0.3 is 11.2 Å². The summed E-state index contributed by atoms with van der Waals surface area (Å²) in [5.74, 6) is 0. The molecule has 0 amide bonds. The molecule has 0 aliphatic rings. The number of nitrogens with zero attached hydrogens (tertiary/aromatic N) is 2. The number of benzene rings is 1. The van der Waals surface area contributed by atoms with Crippen LogP contribution in [-0.4, -0.2) is 29.8 Å². The first-order valence-corrected chi connectivity index (χ1v) is 6.57. The summed E-state index contributed by atoms with van der Waals surface area (Å²) >= 11 is 0. The highest BCUT2D eigenvalue weighted by Crippen LogP contribution is 2.29. The minimum Gasteiger partial charge on any atom is -0.385 e. The lowest BCUT2D eigenvalue weighted by molar-refractivity contribution is -0.385. The lowest BCUT2D eigenvalue weighted by atomic mass is 10.1. The average Bonchev–Trinajstić information content (AvgIpc) is 2.48. The molecule has 0 unspecified atom stereocenters. The highest BCUT2D eigenvalue weighted by atomic mass is 16.6. The maximum Gasteiger partial charge on any atom is 0.357 e. The van der Waals surface area contributed by atoms with Crippen molar-refractivity contribution in [1.82, 2.24) is 4.57 Å². The lowest BCUT2D eigenvalue weighted by Crippen LogP contribution is -2.22. The number of pyridine rings is 1. The first kappa shape index (κ1) is 15.0. The molecule has 1 aromatic carbocycles. The molecule has 0 aliphatic heterocycles. The van der Waals surface area contributed by atoms with Crippen LogP contribution in [0, 0.1) is 10.1 Å². The van der Waals surface area contributed by atoms with Crippen LogP contribution in [0.25, 0.3) is 10.9 Å². The Labute approximate surface area is 121 Å². The number of rotatable bonds is 6. The van der Waals surface area contributed by atoms with E-state index in [-0.39, 0.29) is 5.69 Å². The van der Waals surface area contributed by atoms with Crippen LogP contribution in [0.3, 0.4) is 0 Å². The minimum atomic E-state index is -0.632. The summed E-state index contributed by atoms with van der Waals surface area (Å²) in [6, 6.07) is 7.11. The van der Waals surface area contributed by atoms with Crippen molar-refractivity contribution in [2.75, 3.05) is 25.6 Å². The molecule has 0 radical (unpaired) electrons. The minimum absolute atomic E-state index is 0.273. The number of ether oxygens (including phenoxy) is 1. The van der Waals surface area contributed by atoms with Gasteiger partial charge in [0.15, 0.2) is 0 Å². The molecule has 2 aromatic rings. The summed E-state index contributed by atoms with van der Waals surface area (Å²) in [7, 11) is 3.13. The second kappa shape index (κ2) is 6.36.